The molecule has 0 aromatic carbocycles. The number of aliphatic hydroxyl groups excluding tert-OH is 3. The van der Waals surface area contributed by atoms with E-state index in [4.69, 9.17) is 18.9 Å². The largest absolute Gasteiger partial charge is 0.391 e. The molecule has 4 atom stereocenters. The maximum atomic E-state index is 12.3. The fourth-order valence-electron chi connectivity index (χ4n) is 2.27. The maximum Gasteiger partial charge on any atom is 0.330 e. The minimum atomic E-state index is -3.24. The topological polar surface area (TPSA) is 126 Å². The van der Waals surface area contributed by atoms with E-state index < -0.39 is 38.3 Å². The zero-order chi connectivity index (χ0) is 16.1. The Morgan fingerprint density at radius 3 is 2.33 bits per heavy atom. The predicted molar refractivity (Wildman–Crippen MR) is 73.9 cm³/mol. The second kappa shape index (κ2) is 7.99. The van der Waals surface area contributed by atoms with Crippen LogP contribution in [0.4, 0.5) is 0 Å². The van der Waals surface area contributed by atoms with Gasteiger partial charge in [-0.15, -0.1) is 0 Å². The number of hydrogen-bond donors (Lipinski definition) is 4. The van der Waals surface area contributed by atoms with Crippen LogP contribution in [-0.4, -0.2) is 70.5 Å². The van der Waals surface area contributed by atoms with Gasteiger partial charge in [-0.3, -0.25) is 4.57 Å². The summed E-state index contributed by atoms with van der Waals surface area (Å²) in [7, 11) is -3.24. The highest BCUT2D eigenvalue weighted by atomic mass is 31.2. The van der Waals surface area contributed by atoms with E-state index in [9.17, 15) is 19.9 Å². The second-order valence-corrected chi connectivity index (χ2v) is 7.13. The Hall–Kier alpha value is -0.0500. The quantitative estimate of drug-likeness (QED) is 0.453. The molecule has 0 aromatic heterocycles. The van der Waals surface area contributed by atoms with Crippen molar-refractivity contribution >= 4 is 7.60 Å². The summed E-state index contributed by atoms with van der Waals surface area (Å²) in [5.74, 6) is -2.22. The molecule has 0 amide bonds. The molecule has 9 heteroatoms. The van der Waals surface area contributed by atoms with Gasteiger partial charge >= 0.3 is 7.60 Å². The van der Waals surface area contributed by atoms with Crippen molar-refractivity contribution in [2.24, 2.45) is 0 Å². The first kappa shape index (κ1) is 19.0. The Balaban J connectivity index is 2.64. The third-order valence-electron chi connectivity index (χ3n) is 3.30. The first-order valence-corrected chi connectivity index (χ1v) is 8.78. The van der Waals surface area contributed by atoms with Gasteiger partial charge in [-0.2, -0.15) is 0 Å². The van der Waals surface area contributed by atoms with Gasteiger partial charge in [0.2, 0.25) is 5.79 Å². The third kappa shape index (κ3) is 4.97. The summed E-state index contributed by atoms with van der Waals surface area (Å²) in [6.45, 7) is 3.03. The van der Waals surface area contributed by atoms with Gasteiger partial charge in [0.15, 0.2) is 0 Å². The van der Waals surface area contributed by atoms with Crippen LogP contribution in [0.3, 0.4) is 0 Å². The smallest absolute Gasteiger partial charge is 0.330 e. The number of ether oxygens (including phenoxy) is 1. The molecule has 1 heterocycles. The lowest BCUT2D eigenvalue weighted by atomic mass is 9.94. The molecule has 8 nitrogen and oxygen atoms in total. The highest BCUT2D eigenvalue weighted by Gasteiger charge is 2.48. The standard InChI is InChI=1S/C12H25O8P/c1-3-18-21(17,19-4-2)6-5-9-7-10(14)11(15)12(16,8-13)20-9/h9-11,13-16H,3-8H2,1-2H3/t9-,10+,11-,12+/m0/s1. The Kier molecular flexibility index (Phi) is 7.23. The van der Waals surface area contributed by atoms with Crippen LogP contribution >= 0.6 is 7.60 Å². The minimum Gasteiger partial charge on any atom is -0.391 e. The summed E-state index contributed by atoms with van der Waals surface area (Å²) in [6, 6.07) is 0. The average Bonchev–Trinajstić information content (AvgIpc) is 2.43. The SMILES string of the molecule is CCOP(=O)(CC[C@H]1C[C@@H](O)[C@H](O)[C@@](O)(CO)O1)OCC. The number of aliphatic hydroxyl groups is 4. The van der Waals surface area contributed by atoms with E-state index in [0.717, 1.165) is 0 Å². The lowest BCUT2D eigenvalue weighted by Crippen LogP contribution is -2.60. The zero-order valence-corrected chi connectivity index (χ0v) is 13.2. The molecule has 1 saturated heterocycles. The average molecular weight is 328 g/mol. The van der Waals surface area contributed by atoms with E-state index in [1.54, 1.807) is 13.8 Å². The van der Waals surface area contributed by atoms with Crippen LogP contribution in [-0.2, 0) is 18.3 Å². The highest BCUT2D eigenvalue weighted by Crippen LogP contribution is 2.49. The van der Waals surface area contributed by atoms with Crippen LogP contribution < -0.4 is 0 Å². The molecule has 0 saturated carbocycles. The van der Waals surface area contributed by atoms with Crippen molar-refractivity contribution in [1.82, 2.24) is 0 Å². The first-order valence-electron chi connectivity index (χ1n) is 7.05. The summed E-state index contributed by atoms with van der Waals surface area (Å²) >= 11 is 0. The fourth-order valence-corrected chi connectivity index (χ4v) is 4.00. The Bertz CT molecular complexity index is 355. The van der Waals surface area contributed by atoms with E-state index in [2.05, 4.69) is 0 Å². The first-order chi connectivity index (χ1) is 9.80. The van der Waals surface area contributed by atoms with Gasteiger partial charge in [0, 0.05) is 6.42 Å². The van der Waals surface area contributed by atoms with Crippen molar-refractivity contribution in [2.75, 3.05) is 26.0 Å². The van der Waals surface area contributed by atoms with Gasteiger partial charge < -0.3 is 34.2 Å². The van der Waals surface area contributed by atoms with Gasteiger partial charge in [-0.25, -0.2) is 0 Å². The molecule has 0 bridgehead atoms. The lowest BCUT2D eigenvalue weighted by Gasteiger charge is -2.42. The molecule has 0 spiro atoms. The van der Waals surface area contributed by atoms with E-state index >= 15 is 0 Å². The van der Waals surface area contributed by atoms with E-state index in [1.165, 1.54) is 0 Å². The van der Waals surface area contributed by atoms with Crippen LogP contribution in [0.2, 0.25) is 0 Å². The minimum absolute atomic E-state index is 0.0573. The van der Waals surface area contributed by atoms with Gasteiger partial charge in [0.25, 0.3) is 0 Å². The Morgan fingerprint density at radius 1 is 1.29 bits per heavy atom. The van der Waals surface area contributed by atoms with Crippen LogP contribution in [0.1, 0.15) is 26.7 Å². The van der Waals surface area contributed by atoms with E-state index in [1.807, 2.05) is 0 Å². The highest BCUT2D eigenvalue weighted by molar-refractivity contribution is 7.53. The summed E-state index contributed by atoms with van der Waals surface area (Å²) < 4.78 is 27.8. The molecule has 0 aromatic rings. The van der Waals surface area contributed by atoms with Gasteiger partial charge in [-0.05, 0) is 20.3 Å². The molecular weight excluding hydrogens is 303 g/mol. The summed E-state index contributed by atoms with van der Waals surface area (Å²) in [4.78, 5) is 0. The molecule has 126 valence electrons. The van der Waals surface area contributed by atoms with E-state index in [-0.39, 0.29) is 32.2 Å². The Labute approximate surface area is 124 Å². The normalized spacial score (nSPS) is 34.1. The zero-order valence-electron chi connectivity index (χ0n) is 12.3. The molecule has 1 fully saturated rings. The third-order valence-corrected chi connectivity index (χ3v) is 5.41. The molecule has 0 unspecified atom stereocenters. The predicted octanol–water partition coefficient (Wildman–Crippen LogP) is -0.166. The molecule has 4 N–H and O–H groups in total. The molecule has 1 aliphatic rings. The maximum absolute atomic E-state index is 12.3. The van der Waals surface area contributed by atoms with Gasteiger partial charge in [-0.1, -0.05) is 0 Å². The van der Waals surface area contributed by atoms with Crippen molar-refractivity contribution in [2.45, 2.75) is 50.8 Å². The Morgan fingerprint density at radius 2 is 1.86 bits per heavy atom. The molecule has 21 heavy (non-hydrogen) atoms. The summed E-state index contributed by atoms with van der Waals surface area (Å²) in [5, 5.41) is 38.4. The van der Waals surface area contributed by atoms with Crippen molar-refractivity contribution in [3.8, 4) is 0 Å². The van der Waals surface area contributed by atoms with E-state index in [0.29, 0.717) is 0 Å². The molecule has 1 rings (SSSR count). The van der Waals surface area contributed by atoms with Gasteiger partial charge in [0.05, 0.1) is 38.2 Å². The lowest BCUT2D eigenvalue weighted by molar-refractivity contribution is -0.332. The van der Waals surface area contributed by atoms with Crippen LogP contribution in [0.15, 0.2) is 0 Å². The van der Waals surface area contributed by atoms with Crippen LogP contribution in [0.25, 0.3) is 0 Å². The molecule has 1 aliphatic heterocycles. The number of hydrogen-bond acceptors (Lipinski definition) is 8. The molecular formula is C12H25O8P. The summed E-state index contributed by atoms with van der Waals surface area (Å²) in [6.07, 6.45) is -3.19. The van der Waals surface area contributed by atoms with Crippen molar-refractivity contribution in [3.63, 3.8) is 0 Å². The molecule has 0 aliphatic carbocycles. The number of rotatable bonds is 8. The van der Waals surface area contributed by atoms with Gasteiger partial charge in [0.1, 0.15) is 6.10 Å². The second-order valence-electron chi connectivity index (χ2n) is 4.95. The van der Waals surface area contributed by atoms with Crippen LogP contribution in [0, 0.1) is 0 Å². The summed E-state index contributed by atoms with van der Waals surface area (Å²) in [5.41, 5.74) is 0. The van der Waals surface area contributed by atoms with Crippen LogP contribution in [0.5, 0.6) is 0 Å². The monoisotopic (exact) mass is 328 g/mol. The molecule has 0 radical (unpaired) electrons. The van der Waals surface area contributed by atoms with Crippen molar-refractivity contribution < 1.29 is 38.8 Å². The fraction of sp³-hybridized carbons (Fsp3) is 1.00. The van der Waals surface area contributed by atoms with Crippen molar-refractivity contribution in [3.05, 3.63) is 0 Å². The van der Waals surface area contributed by atoms with Crippen molar-refractivity contribution in [1.29, 1.82) is 0 Å².